The van der Waals surface area contributed by atoms with Crippen molar-refractivity contribution in [2.45, 2.75) is 25.9 Å². The maximum absolute atomic E-state index is 12.2. The fourth-order valence-corrected chi connectivity index (χ4v) is 3.81. The topological polar surface area (TPSA) is 63.7 Å². The molecule has 3 aromatic rings. The number of hydrogen-bond donors (Lipinski definition) is 1. The molecule has 0 radical (unpaired) electrons. The molecule has 2 heterocycles. The summed E-state index contributed by atoms with van der Waals surface area (Å²) < 4.78 is 11.4. The van der Waals surface area contributed by atoms with Gasteiger partial charge in [-0.15, -0.1) is 0 Å². The fourth-order valence-electron chi connectivity index (χ4n) is 3.81. The zero-order valence-corrected chi connectivity index (χ0v) is 19.1. The minimum absolute atomic E-state index is 0.0353. The smallest absolute Gasteiger partial charge is 0.226 e. The van der Waals surface area contributed by atoms with Crippen LogP contribution < -0.4 is 10.1 Å². The molecule has 1 aromatic heterocycles. The Bertz CT molecular complexity index is 1000. The summed E-state index contributed by atoms with van der Waals surface area (Å²) in [6.45, 7) is 6.88. The van der Waals surface area contributed by atoms with Crippen LogP contribution in [0.5, 0.6) is 5.75 Å². The average molecular weight is 446 g/mol. The molecule has 33 heavy (non-hydrogen) atoms. The largest absolute Gasteiger partial charge is 0.492 e. The second kappa shape index (κ2) is 11.6. The third-order valence-corrected chi connectivity index (χ3v) is 5.85. The first-order valence-corrected chi connectivity index (χ1v) is 11.5. The van der Waals surface area contributed by atoms with Crippen LogP contribution in [-0.2, 0) is 22.5 Å². The zero-order chi connectivity index (χ0) is 22.9. The first-order valence-electron chi connectivity index (χ1n) is 11.5. The predicted molar refractivity (Wildman–Crippen MR) is 129 cm³/mol. The first kappa shape index (κ1) is 23.0. The molecule has 172 valence electrons. The van der Waals surface area contributed by atoms with E-state index >= 15 is 0 Å². The van der Waals surface area contributed by atoms with Gasteiger partial charge in [0.15, 0.2) is 0 Å². The Morgan fingerprint density at radius 2 is 1.76 bits per heavy atom. The quantitative estimate of drug-likeness (QED) is 0.544. The number of carbonyl (C=O) groups is 1. The Morgan fingerprint density at radius 1 is 1.03 bits per heavy atom. The monoisotopic (exact) mass is 445 g/mol. The lowest BCUT2D eigenvalue weighted by Gasteiger charge is -2.32. The number of benzene rings is 2. The van der Waals surface area contributed by atoms with E-state index < -0.39 is 0 Å². The second-order valence-electron chi connectivity index (χ2n) is 8.31. The van der Waals surface area contributed by atoms with Crippen LogP contribution in [0.25, 0.3) is 11.1 Å². The van der Waals surface area contributed by atoms with Crippen molar-refractivity contribution in [3.05, 3.63) is 84.2 Å². The fraction of sp³-hybridized carbons (Fsp3) is 0.333. The maximum Gasteiger partial charge on any atom is 0.226 e. The number of aromatic nitrogens is 1. The molecule has 1 atom stereocenters. The predicted octanol–water partition coefficient (Wildman–Crippen LogP) is 3.71. The van der Waals surface area contributed by atoms with Crippen molar-refractivity contribution in [1.29, 1.82) is 0 Å². The number of morpholine rings is 1. The molecule has 1 unspecified atom stereocenters. The zero-order valence-electron chi connectivity index (χ0n) is 19.1. The number of carbonyl (C=O) groups excluding carboxylic acids is 1. The lowest BCUT2D eigenvalue weighted by atomic mass is 10.1. The summed E-state index contributed by atoms with van der Waals surface area (Å²) in [5.41, 5.74) is 3.91. The van der Waals surface area contributed by atoms with E-state index in [1.54, 1.807) is 0 Å². The Balaban J connectivity index is 1.25. The molecule has 1 aliphatic rings. The van der Waals surface area contributed by atoms with E-state index in [1.165, 1.54) is 0 Å². The molecule has 1 amide bonds. The van der Waals surface area contributed by atoms with Gasteiger partial charge in [-0.25, -0.2) is 0 Å². The maximum atomic E-state index is 12.2. The highest BCUT2D eigenvalue weighted by molar-refractivity contribution is 5.78. The van der Waals surface area contributed by atoms with Crippen LogP contribution in [0.4, 0.5) is 0 Å². The van der Waals surface area contributed by atoms with Crippen LogP contribution in [-0.4, -0.2) is 54.7 Å². The molecule has 2 aromatic carbocycles. The average Bonchev–Trinajstić information content (AvgIpc) is 2.88. The second-order valence-corrected chi connectivity index (χ2v) is 8.31. The summed E-state index contributed by atoms with van der Waals surface area (Å²) in [6.07, 6.45) is 2.08. The summed E-state index contributed by atoms with van der Waals surface area (Å²) in [5, 5.41) is 2.94. The van der Waals surface area contributed by atoms with Crippen molar-refractivity contribution in [3.8, 4) is 16.9 Å². The van der Waals surface area contributed by atoms with Gasteiger partial charge in [-0.1, -0.05) is 48.5 Å². The van der Waals surface area contributed by atoms with E-state index in [2.05, 4.69) is 22.1 Å². The van der Waals surface area contributed by atoms with Gasteiger partial charge < -0.3 is 14.8 Å². The summed E-state index contributed by atoms with van der Waals surface area (Å²) in [6, 6.07) is 22.2. The van der Waals surface area contributed by atoms with Crippen molar-refractivity contribution in [3.63, 3.8) is 0 Å². The van der Waals surface area contributed by atoms with Gasteiger partial charge in [0.1, 0.15) is 12.4 Å². The van der Waals surface area contributed by atoms with Crippen LogP contribution in [0.15, 0.2) is 72.9 Å². The lowest BCUT2D eigenvalue weighted by molar-refractivity contribution is -0.120. The van der Waals surface area contributed by atoms with E-state index in [0.717, 1.165) is 54.4 Å². The highest BCUT2D eigenvalue weighted by atomic mass is 16.5. The van der Waals surface area contributed by atoms with Crippen LogP contribution in [0.1, 0.15) is 18.2 Å². The third-order valence-electron chi connectivity index (χ3n) is 5.85. The number of rotatable bonds is 9. The molecule has 6 heteroatoms. The van der Waals surface area contributed by atoms with Crippen molar-refractivity contribution >= 4 is 5.91 Å². The van der Waals surface area contributed by atoms with Crippen LogP contribution in [0.2, 0.25) is 0 Å². The number of pyridine rings is 1. The van der Waals surface area contributed by atoms with Crippen molar-refractivity contribution in [2.24, 2.45) is 0 Å². The third kappa shape index (κ3) is 6.88. The molecular weight excluding hydrogens is 414 g/mol. The van der Waals surface area contributed by atoms with Crippen LogP contribution in [0, 0.1) is 0 Å². The van der Waals surface area contributed by atoms with E-state index in [9.17, 15) is 4.79 Å². The summed E-state index contributed by atoms with van der Waals surface area (Å²) in [7, 11) is 0. The normalized spacial score (nSPS) is 15.1. The Kier molecular flexibility index (Phi) is 8.06. The van der Waals surface area contributed by atoms with Crippen LogP contribution in [0.3, 0.4) is 0 Å². The number of nitrogens with one attached hydrogen (secondary N) is 1. The highest BCUT2D eigenvalue weighted by Crippen LogP contribution is 2.22. The van der Waals surface area contributed by atoms with E-state index in [0.29, 0.717) is 19.2 Å². The molecule has 1 N–H and O–H groups in total. The minimum atomic E-state index is -0.0353. The lowest BCUT2D eigenvalue weighted by Crippen LogP contribution is -2.44. The Morgan fingerprint density at radius 3 is 2.45 bits per heavy atom. The SMILES string of the molecule is CC(COc1ccc(-c2ccc(CC(=O)NCc3ccccc3)nc2)cc1)N1CCOCC1. The van der Waals surface area contributed by atoms with Gasteiger partial charge in [0.2, 0.25) is 5.91 Å². The Hall–Kier alpha value is -3.22. The van der Waals surface area contributed by atoms with Gasteiger partial charge in [-0.2, -0.15) is 0 Å². The summed E-state index contributed by atoms with van der Waals surface area (Å²) in [4.78, 5) is 19.1. The highest BCUT2D eigenvalue weighted by Gasteiger charge is 2.17. The molecule has 1 aliphatic heterocycles. The summed E-state index contributed by atoms with van der Waals surface area (Å²) in [5.74, 6) is 0.824. The number of ether oxygens (including phenoxy) is 2. The van der Waals surface area contributed by atoms with Gasteiger partial charge in [0.25, 0.3) is 0 Å². The summed E-state index contributed by atoms with van der Waals surface area (Å²) >= 11 is 0. The standard InChI is InChI=1S/C27H31N3O3/c1-21(30-13-15-32-16-14-30)20-33-26-11-8-23(9-12-26)24-7-10-25(28-19-24)17-27(31)29-18-22-5-3-2-4-6-22/h2-12,19,21H,13-18,20H2,1H3,(H,29,31). The molecule has 6 nitrogen and oxygen atoms in total. The molecule has 4 rings (SSSR count). The van der Waals surface area contributed by atoms with Crippen molar-refractivity contribution in [2.75, 3.05) is 32.9 Å². The number of amides is 1. The van der Waals surface area contributed by atoms with Crippen molar-refractivity contribution in [1.82, 2.24) is 15.2 Å². The van der Waals surface area contributed by atoms with Gasteiger partial charge in [-0.05, 0) is 36.2 Å². The first-order chi connectivity index (χ1) is 16.2. The Labute approximate surface area is 195 Å². The van der Waals surface area contributed by atoms with Gasteiger partial charge in [0.05, 0.1) is 19.6 Å². The van der Waals surface area contributed by atoms with Crippen molar-refractivity contribution < 1.29 is 14.3 Å². The molecule has 1 fully saturated rings. The van der Waals surface area contributed by atoms with Gasteiger partial charge >= 0.3 is 0 Å². The number of nitrogens with zero attached hydrogens (tertiary/aromatic N) is 2. The minimum Gasteiger partial charge on any atom is -0.492 e. The molecule has 1 saturated heterocycles. The van der Waals surface area contributed by atoms with Gasteiger partial charge in [0, 0.05) is 43.1 Å². The number of hydrogen-bond acceptors (Lipinski definition) is 5. The van der Waals surface area contributed by atoms with Crippen LogP contribution >= 0.6 is 0 Å². The van der Waals surface area contributed by atoms with Gasteiger partial charge in [-0.3, -0.25) is 14.7 Å². The van der Waals surface area contributed by atoms with E-state index in [-0.39, 0.29) is 12.3 Å². The van der Waals surface area contributed by atoms with E-state index in [1.807, 2.05) is 72.9 Å². The van der Waals surface area contributed by atoms with E-state index in [4.69, 9.17) is 9.47 Å². The molecular formula is C27H31N3O3. The molecule has 0 bridgehead atoms. The molecule has 0 spiro atoms. The molecule has 0 saturated carbocycles. The molecule has 0 aliphatic carbocycles.